The summed E-state index contributed by atoms with van der Waals surface area (Å²) in [6.07, 6.45) is 11.8. The van der Waals surface area contributed by atoms with Gasteiger partial charge in [-0.05, 0) is 13.3 Å². The van der Waals surface area contributed by atoms with Crippen LogP contribution < -0.4 is 21.7 Å². The molecular weight excluding hydrogens is 400 g/mol. The molecule has 0 heterocycles. The van der Waals surface area contributed by atoms with Crippen LogP contribution >= 0.6 is 0 Å². The Morgan fingerprint density at radius 2 is 1.35 bits per heavy atom. The molecule has 180 valence electrons. The van der Waals surface area contributed by atoms with Crippen LogP contribution in [0.1, 0.15) is 97.3 Å². The van der Waals surface area contributed by atoms with Crippen molar-refractivity contribution in [1.29, 1.82) is 0 Å². The maximum absolute atomic E-state index is 12.3. The van der Waals surface area contributed by atoms with E-state index in [1.54, 1.807) is 6.92 Å². The first-order valence-corrected chi connectivity index (χ1v) is 11.6. The van der Waals surface area contributed by atoms with E-state index in [4.69, 9.17) is 10.8 Å². The molecule has 0 aliphatic rings. The number of hydrogen-bond acceptors (Lipinski definition) is 4. The SMILES string of the molecule is CCCCCCCCCCCCCC(=O)NC(CC(N)=O)C(=O)NC(C)CNC(=O)O. The van der Waals surface area contributed by atoms with E-state index in [1.165, 1.54) is 51.4 Å². The molecule has 2 unspecified atom stereocenters. The number of carbonyl (C=O) groups is 4. The molecule has 4 amide bonds. The first-order valence-electron chi connectivity index (χ1n) is 11.6. The zero-order valence-corrected chi connectivity index (χ0v) is 19.2. The molecule has 0 saturated heterocycles. The van der Waals surface area contributed by atoms with Crippen molar-refractivity contribution < 1.29 is 24.3 Å². The fourth-order valence-electron chi connectivity index (χ4n) is 3.26. The van der Waals surface area contributed by atoms with Crippen LogP contribution in [-0.2, 0) is 14.4 Å². The van der Waals surface area contributed by atoms with Gasteiger partial charge in [0.1, 0.15) is 6.04 Å². The predicted molar refractivity (Wildman–Crippen MR) is 120 cm³/mol. The Morgan fingerprint density at radius 1 is 0.839 bits per heavy atom. The van der Waals surface area contributed by atoms with Crippen LogP contribution in [0.15, 0.2) is 0 Å². The third-order valence-electron chi connectivity index (χ3n) is 5.01. The molecule has 0 aromatic heterocycles. The lowest BCUT2D eigenvalue weighted by Gasteiger charge is -2.20. The monoisotopic (exact) mass is 442 g/mol. The van der Waals surface area contributed by atoms with E-state index in [9.17, 15) is 19.2 Å². The summed E-state index contributed by atoms with van der Waals surface area (Å²) in [5.41, 5.74) is 5.19. The number of unbranched alkanes of at least 4 members (excludes halogenated alkanes) is 10. The maximum atomic E-state index is 12.3. The molecular formula is C22H42N4O5. The van der Waals surface area contributed by atoms with Crippen molar-refractivity contribution in [3.05, 3.63) is 0 Å². The molecule has 2 atom stereocenters. The van der Waals surface area contributed by atoms with Crippen molar-refractivity contribution in [1.82, 2.24) is 16.0 Å². The maximum Gasteiger partial charge on any atom is 0.404 e. The van der Waals surface area contributed by atoms with Crippen molar-refractivity contribution in [3.8, 4) is 0 Å². The minimum atomic E-state index is -1.20. The second-order valence-electron chi connectivity index (χ2n) is 8.17. The Hall–Kier alpha value is -2.32. The zero-order chi connectivity index (χ0) is 23.5. The van der Waals surface area contributed by atoms with E-state index in [1.807, 2.05) is 0 Å². The van der Waals surface area contributed by atoms with Crippen LogP contribution in [0.4, 0.5) is 4.79 Å². The van der Waals surface area contributed by atoms with Crippen LogP contribution in [0.2, 0.25) is 0 Å². The molecule has 31 heavy (non-hydrogen) atoms. The molecule has 0 bridgehead atoms. The topological polar surface area (TPSA) is 151 Å². The van der Waals surface area contributed by atoms with Gasteiger partial charge in [0.15, 0.2) is 0 Å². The highest BCUT2D eigenvalue weighted by molar-refractivity contribution is 5.91. The van der Waals surface area contributed by atoms with Gasteiger partial charge in [-0.3, -0.25) is 14.4 Å². The first kappa shape index (κ1) is 28.7. The van der Waals surface area contributed by atoms with E-state index in [-0.39, 0.29) is 25.3 Å². The van der Waals surface area contributed by atoms with E-state index >= 15 is 0 Å². The average molecular weight is 443 g/mol. The summed E-state index contributed by atoms with van der Waals surface area (Å²) in [7, 11) is 0. The van der Waals surface area contributed by atoms with E-state index < -0.39 is 30.0 Å². The molecule has 0 rings (SSSR count). The van der Waals surface area contributed by atoms with Gasteiger partial charge >= 0.3 is 6.09 Å². The number of rotatable bonds is 19. The lowest BCUT2D eigenvalue weighted by atomic mass is 10.0. The molecule has 0 aromatic rings. The van der Waals surface area contributed by atoms with Gasteiger partial charge in [0.2, 0.25) is 17.7 Å². The normalized spacial score (nSPS) is 12.6. The fraction of sp³-hybridized carbons (Fsp3) is 0.818. The van der Waals surface area contributed by atoms with Crippen molar-refractivity contribution >= 4 is 23.8 Å². The van der Waals surface area contributed by atoms with Crippen LogP contribution in [0.3, 0.4) is 0 Å². The highest BCUT2D eigenvalue weighted by Gasteiger charge is 2.24. The lowest BCUT2D eigenvalue weighted by molar-refractivity contribution is -0.131. The van der Waals surface area contributed by atoms with Gasteiger partial charge in [0.25, 0.3) is 0 Å². The summed E-state index contributed by atoms with van der Waals surface area (Å²) >= 11 is 0. The third kappa shape index (κ3) is 18.2. The summed E-state index contributed by atoms with van der Waals surface area (Å²) in [4.78, 5) is 46.3. The Bertz CT molecular complexity index is 542. The quantitative estimate of drug-likeness (QED) is 0.195. The van der Waals surface area contributed by atoms with Gasteiger partial charge in [0, 0.05) is 19.0 Å². The number of nitrogens with one attached hydrogen (secondary N) is 3. The Labute approximate surface area is 186 Å². The largest absolute Gasteiger partial charge is 0.465 e. The number of carboxylic acid groups (broad SMARTS) is 1. The van der Waals surface area contributed by atoms with Gasteiger partial charge in [-0.15, -0.1) is 0 Å². The van der Waals surface area contributed by atoms with E-state index in [2.05, 4.69) is 22.9 Å². The van der Waals surface area contributed by atoms with E-state index in [0.717, 1.165) is 19.3 Å². The number of hydrogen-bond donors (Lipinski definition) is 5. The molecule has 0 aliphatic heterocycles. The summed E-state index contributed by atoms with van der Waals surface area (Å²) in [6, 6.07) is -1.56. The molecule has 0 aromatic carbocycles. The second-order valence-corrected chi connectivity index (χ2v) is 8.17. The fourth-order valence-corrected chi connectivity index (χ4v) is 3.26. The third-order valence-corrected chi connectivity index (χ3v) is 5.01. The van der Waals surface area contributed by atoms with Crippen molar-refractivity contribution in [2.24, 2.45) is 5.73 Å². The van der Waals surface area contributed by atoms with Crippen LogP contribution in [0.5, 0.6) is 0 Å². The Balaban J connectivity index is 4.07. The summed E-state index contributed by atoms with van der Waals surface area (Å²) in [5.74, 6) is -1.56. The van der Waals surface area contributed by atoms with Crippen LogP contribution in [-0.4, -0.2) is 47.5 Å². The first-order chi connectivity index (χ1) is 14.8. The van der Waals surface area contributed by atoms with Gasteiger partial charge in [-0.1, -0.05) is 71.1 Å². The van der Waals surface area contributed by atoms with Crippen LogP contribution in [0.25, 0.3) is 0 Å². The smallest absolute Gasteiger partial charge is 0.404 e. The van der Waals surface area contributed by atoms with Crippen molar-refractivity contribution in [2.45, 2.75) is 109 Å². The van der Waals surface area contributed by atoms with Crippen molar-refractivity contribution in [3.63, 3.8) is 0 Å². The highest BCUT2D eigenvalue weighted by atomic mass is 16.4. The standard InChI is InChI=1S/C22H42N4O5/c1-3-4-5-6-7-8-9-10-11-12-13-14-20(28)26-18(15-19(23)27)21(29)25-17(2)16-24-22(30)31/h17-18,24H,3-16H2,1-2H3,(H2,23,27)(H,25,29)(H,26,28)(H,30,31). The Kier molecular flexibility index (Phi) is 17.1. The predicted octanol–water partition coefficient (Wildman–Crippen LogP) is 2.82. The summed E-state index contributed by atoms with van der Waals surface area (Å²) < 4.78 is 0. The van der Waals surface area contributed by atoms with Gasteiger partial charge in [0.05, 0.1) is 6.42 Å². The number of primary amides is 1. The summed E-state index contributed by atoms with van der Waals surface area (Å²) in [5, 5.41) is 15.9. The highest BCUT2D eigenvalue weighted by Crippen LogP contribution is 2.12. The molecule has 0 spiro atoms. The number of carbonyl (C=O) groups excluding carboxylic acids is 3. The second kappa shape index (κ2) is 18.4. The van der Waals surface area contributed by atoms with E-state index in [0.29, 0.717) is 0 Å². The molecule has 6 N–H and O–H groups in total. The molecule has 0 radical (unpaired) electrons. The lowest BCUT2D eigenvalue weighted by Crippen LogP contribution is -2.52. The number of nitrogens with two attached hydrogens (primary N) is 1. The molecule has 0 aliphatic carbocycles. The van der Waals surface area contributed by atoms with Crippen LogP contribution in [0, 0.1) is 0 Å². The van der Waals surface area contributed by atoms with Gasteiger partial charge in [-0.2, -0.15) is 0 Å². The average Bonchev–Trinajstić information content (AvgIpc) is 2.69. The molecule has 9 heteroatoms. The minimum Gasteiger partial charge on any atom is -0.465 e. The van der Waals surface area contributed by atoms with Gasteiger partial charge in [-0.25, -0.2) is 4.79 Å². The zero-order valence-electron chi connectivity index (χ0n) is 19.2. The molecule has 9 nitrogen and oxygen atoms in total. The Morgan fingerprint density at radius 3 is 1.84 bits per heavy atom. The van der Waals surface area contributed by atoms with Gasteiger partial charge < -0.3 is 26.8 Å². The number of amides is 4. The molecule has 0 saturated carbocycles. The minimum absolute atomic E-state index is 0.0110. The van der Waals surface area contributed by atoms with Crippen molar-refractivity contribution in [2.75, 3.05) is 6.54 Å². The molecule has 0 fully saturated rings. The summed E-state index contributed by atoms with van der Waals surface area (Å²) in [6.45, 7) is 3.84.